The molecular formula is C21H34S. The number of aryl methyl sites for hydroxylation is 1. The predicted octanol–water partition coefficient (Wildman–Crippen LogP) is 7.40. The van der Waals surface area contributed by atoms with Crippen LogP contribution in [0.1, 0.15) is 77.2 Å². The molecule has 0 nitrogen and oxygen atoms in total. The largest absolute Gasteiger partial charge is 0.131 e. The molecular weight excluding hydrogens is 284 g/mol. The van der Waals surface area contributed by atoms with Crippen molar-refractivity contribution in [1.82, 2.24) is 0 Å². The van der Waals surface area contributed by atoms with Gasteiger partial charge in [0.15, 0.2) is 0 Å². The summed E-state index contributed by atoms with van der Waals surface area (Å²) < 4.78 is 0. The smallest absolute Gasteiger partial charge is 0.00518 e. The number of hydrogen-bond acceptors (Lipinski definition) is 1. The molecule has 0 bridgehead atoms. The summed E-state index contributed by atoms with van der Waals surface area (Å²) in [6, 6.07) is 10.9. The first kappa shape index (κ1) is 19.4. The van der Waals surface area contributed by atoms with Crippen LogP contribution < -0.4 is 0 Å². The van der Waals surface area contributed by atoms with Crippen molar-refractivity contribution in [3.8, 4) is 0 Å². The average molecular weight is 319 g/mol. The Labute approximate surface area is 142 Å². The summed E-state index contributed by atoms with van der Waals surface area (Å²) >= 11 is 2.03. The molecule has 0 saturated carbocycles. The number of allylic oxidation sites excluding steroid dienone is 2. The van der Waals surface area contributed by atoms with Crippen molar-refractivity contribution in [1.29, 1.82) is 0 Å². The fourth-order valence-corrected chi connectivity index (χ4v) is 3.55. The molecule has 124 valence electrons. The van der Waals surface area contributed by atoms with Gasteiger partial charge in [0, 0.05) is 0 Å². The highest BCUT2D eigenvalue weighted by Gasteiger charge is 1.99. The van der Waals surface area contributed by atoms with E-state index < -0.39 is 0 Å². The van der Waals surface area contributed by atoms with E-state index in [9.17, 15) is 0 Å². The lowest BCUT2D eigenvalue weighted by atomic mass is 10.1. The molecule has 0 amide bonds. The molecule has 0 aromatic heterocycles. The molecule has 0 N–H and O–H groups in total. The molecule has 22 heavy (non-hydrogen) atoms. The van der Waals surface area contributed by atoms with Crippen LogP contribution in [0.15, 0.2) is 41.3 Å². The second-order valence-electron chi connectivity index (χ2n) is 6.00. The van der Waals surface area contributed by atoms with Gasteiger partial charge in [-0.05, 0) is 41.9 Å². The summed E-state index contributed by atoms with van der Waals surface area (Å²) in [5.74, 6) is 1.19. The maximum Gasteiger partial charge on any atom is -0.00518 e. The lowest BCUT2D eigenvalue weighted by Gasteiger charge is -2.07. The molecule has 0 saturated heterocycles. The van der Waals surface area contributed by atoms with Crippen LogP contribution in [0.4, 0.5) is 0 Å². The first-order valence-corrected chi connectivity index (χ1v) is 10.2. The van der Waals surface area contributed by atoms with Gasteiger partial charge in [-0.15, -0.1) is 11.8 Å². The fraction of sp³-hybridized carbons (Fsp3) is 0.619. The Bertz CT molecular complexity index is 380. The summed E-state index contributed by atoms with van der Waals surface area (Å²) in [6.45, 7) is 4.54. The van der Waals surface area contributed by atoms with Gasteiger partial charge in [0.25, 0.3) is 0 Å². The zero-order valence-corrected chi connectivity index (χ0v) is 15.5. The maximum atomic E-state index is 2.50. The third-order valence-corrected chi connectivity index (χ3v) is 5.04. The number of unbranched alkanes of at least 4 members (excludes halogenated alkanes) is 7. The van der Waals surface area contributed by atoms with Crippen molar-refractivity contribution in [3.63, 3.8) is 0 Å². The first-order chi connectivity index (χ1) is 10.9. The molecule has 0 fully saturated rings. The van der Waals surface area contributed by atoms with Crippen LogP contribution in [-0.4, -0.2) is 5.75 Å². The molecule has 0 aliphatic heterocycles. The normalized spacial score (nSPS) is 11.8. The summed E-state index contributed by atoms with van der Waals surface area (Å²) in [6.07, 6.45) is 16.0. The summed E-state index contributed by atoms with van der Waals surface area (Å²) in [5, 5.41) is 0. The van der Waals surface area contributed by atoms with Crippen LogP contribution in [0, 0.1) is 0 Å². The minimum absolute atomic E-state index is 1.18. The van der Waals surface area contributed by atoms with Crippen LogP contribution in [-0.2, 0) is 6.42 Å². The molecule has 0 spiro atoms. The highest BCUT2D eigenvalue weighted by Crippen LogP contribution is 2.23. The van der Waals surface area contributed by atoms with Gasteiger partial charge >= 0.3 is 0 Å². The van der Waals surface area contributed by atoms with E-state index in [0.29, 0.717) is 0 Å². The van der Waals surface area contributed by atoms with Crippen LogP contribution in [0.3, 0.4) is 0 Å². The molecule has 0 heterocycles. The highest BCUT2D eigenvalue weighted by molar-refractivity contribution is 8.03. The maximum absolute atomic E-state index is 2.50. The van der Waals surface area contributed by atoms with Crippen LogP contribution in [0.2, 0.25) is 0 Å². The predicted molar refractivity (Wildman–Crippen MR) is 104 cm³/mol. The molecule has 1 aromatic rings. The van der Waals surface area contributed by atoms with Gasteiger partial charge < -0.3 is 0 Å². The lowest BCUT2D eigenvalue weighted by Crippen LogP contribution is -1.88. The SMILES string of the molecule is CCCCCCCCC/C=C(/CCc1ccccc1)SCC. The molecule has 1 rings (SSSR count). The van der Waals surface area contributed by atoms with E-state index >= 15 is 0 Å². The molecule has 0 unspecified atom stereocenters. The van der Waals surface area contributed by atoms with E-state index in [1.807, 2.05) is 11.8 Å². The minimum atomic E-state index is 1.18. The lowest BCUT2D eigenvalue weighted by molar-refractivity contribution is 0.592. The number of hydrogen-bond donors (Lipinski definition) is 0. The Morgan fingerprint density at radius 3 is 2.27 bits per heavy atom. The minimum Gasteiger partial charge on any atom is -0.131 e. The Balaban J connectivity index is 2.18. The van der Waals surface area contributed by atoms with E-state index in [1.54, 1.807) is 4.91 Å². The Morgan fingerprint density at radius 2 is 1.59 bits per heavy atom. The number of thioether (sulfide) groups is 1. The van der Waals surface area contributed by atoms with Gasteiger partial charge in [0.1, 0.15) is 0 Å². The quantitative estimate of drug-likeness (QED) is 0.341. The third kappa shape index (κ3) is 10.1. The average Bonchev–Trinajstić information content (AvgIpc) is 2.56. The van der Waals surface area contributed by atoms with Gasteiger partial charge in [0.2, 0.25) is 0 Å². The van der Waals surface area contributed by atoms with Gasteiger partial charge in [-0.1, -0.05) is 88.8 Å². The van der Waals surface area contributed by atoms with E-state index in [-0.39, 0.29) is 0 Å². The van der Waals surface area contributed by atoms with Gasteiger partial charge in [-0.2, -0.15) is 0 Å². The Kier molecular flexibility index (Phi) is 12.3. The monoisotopic (exact) mass is 318 g/mol. The molecule has 0 radical (unpaired) electrons. The number of benzene rings is 1. The van der Waals surface area contributed by atoms with Gasteiger partial charge in [-0.25, -0.2) is 0 Å². The van der Waals surface area contributed by atoms with Crippen molar-refractivity contribution in [3.05, 3.63) is 46.9 Å². The van der Waals surface area contributed by atoms with Crippen molar-refractivity contribution in [2.45, 2.75) is 78.1 Å². The zero-order valence-electron chi connectivity index (χ0n) is 14.7. The van der Waals surface area contributed by atoms with E-state index in [1.165, 1.54) is 75.5 Å². The van der Waals surface area contributed by atoms with E-state index in [4.69, 9.17) is 0 Å². The summed E-state index contributed by atoms with van der Waals surface area (Å²) in [7, 11) is 0. The van der Waals surface area contributed by atoms with Crippen LogP contribution in [0.25, 0.3) is 0 Å². The standard InChI is InChI=1S/C21H34S/c1-3-5-6-7-8-9-10-14-17-21(22-4-2)19-18-20-15-12-11-13-16-20/h11-13,15-17H,3-10,14,18-19H2,1-2H3/b21-17-. The van der Waals surface area contributed by atoms with Crippen LogP contribution >= 0.6 is 11.8 Å². The second kappa shape index (κ2) is 13.9. The topological polar surface area (TPSA) is 0 Å². The zero-order chi connectivity index (χ0) is 15.9. The Hall–Kier alpha value is -0.690. The van der Waals surface area contributed by atoms with Gasteiger partial charge in [0.05, 0.1) is 0 Å². The third-order valence-electron chi connectivity index (χ3n) is 4.01. The molecule has 1 heteroatoms. The molecule has 0 atom stereocenters. The van der Waals surface area contributed by atoms with Gasteiger partial charge in [-0.3, -0.25) is 0 Å². The second-order valence-corrected chi connectivity index (χ2v) is 7.39. The van der Waals surface area contributed by atoms with Crippen molar-refractivity contribution < 1.29 is 0 Å². The Morgan fingerprint density at radius 1 is 0.909 bits per heavy atom. The molecule has 1 aromatic carbocycles. The number of rotatable bonds is 13. The van der Waals surface area contributed by atoms with Crippen molar-refractivity contribution >= 4 is 11.8 Å². The van der Waals surface area contributed by atoms with E-state index in [2.05, 4.69) is 50.3 Å². The fourth-order valence-electron chi connectivity index (χ4n) is 2.70. The van der Waals surface area contributed by atoms with E-state index in [0.717, 1.165) is 0 Å². The molecule has 0 aliphatic carbocycles. The molecule has 0 aliphatic rings. The van der Waals surface area contributed by atoms with Crippen molar-refractivity contribution in [2.75, 3.05) is 5.75 Å². The summed E-state index contributed by atoms with van der Waals surface area (Å²) in [4.78, 5) is 1.59. The highest BCUT2D eigenvalue weighted by atomic mass is 32.2. The summed E-state index contributed by atoms with van der Waals surface area (Å²) in [5.41, 5.74) is 1.46. The van der Waals surface area contributed by atoms with Crippen molar-refractivity contribution in [2.24, 2.45) is 0 Å². The first-order valence-electron chi connectivity index (χ1n) is 9.22. The van der Waals surface area contributed by atoms with Crippen LogP contribution in [0.5, 0.6) is 0 Å².